The van der Waals surface area contributed by atoms with Gasteiger partial charge in [0.15, 0.2) is 0 Å². The third-order valence-corrected chi connectivity index (χ3v) is 3.05. The van der Waals surface area contributed by atoms with Gasteiger partial charge < -0.3 is 11.1 Å². The lowest BCUT2D eigenvalue weighted by atomic mass is 10.1. The average molecular weight is 204 g/mol. The number of hydrogen-bond donors (Lipinski definition) is 2. The van der Waals surface area contributed by atoms with Gasteiger partial charge in [-0.15, -0.1) is 0 Å². The van der Waals surface area contributed by atoms with Crippen molar-refractivity contribution in [3.8, 4) is 0 Å². The summed E-state index contributed by atoms with van der Waals surface area (Å²) in [4.78, 5) is 0. The van der Waals surface area contributed by atoms with Crippen LogP contribution in [-0.4, -0.2) is 13.1 Å². The maximum absolute atomic E-state index is 5.44. The van der Waals surface area contributed by atoms with Gasteiger partial charge in [-0.25, -0.2) is 0 Å². The molecule has 0 heterocycles. The molecule has 0 spiro atoms. The summed E-state index contributed by atoms with van der Waals surface area (Å²) in [5.74, 6) is 0. The Morgan fingerprint density at radius 3 is 2.93 bits per heavy atom. The zero-order valence-corrected chi connectivity index (χ0v) is 9.26. The molecule has 0 saturated heterocycles. The number of benzene rings is 1. The van der Waals surface area contributed by atoms with Gasteiger partial charge in [0.2, 0.25) is 0 Å². The lowest BCUT2D eigenvalue weighted by molar-refractivity contribution is 0.655. The fraction of sp³-hybridized carbons (Fsp3) is 0.538. The van der Waals surface area contributed by atoms with Crippen LogP contribution in [-0.2, 0) is 19.4 Å². The van der Waals surface area contributed by atoms with Crippen molar-refractivity contribution in [3.05, 3.63) is 34.9 Å². The van der Waals surface area contributed by atoms with Gasteiger partial charge in [0, 0.05) is 6.54 Å². The fourth-order valence-electron chi connectivity index (χ4n) is 2.19. The highest BCUT2D eigenvalue weighted by molar-refractivity contribution is 5.35. The first-order valence-electron chi connectivity index (χ1n) is 5.91. The zero-order valence-electron chi connectivity index (χ0n) is 9.26. The van der Waals surface area contributed by atoms with Crippen LogP contribution in [0.4, 0.5) is 0 Å². The molecule has 0 amide bonds. The number of rotatable bonds is 5. The SMILES string of the molecule is NCCCNCc1ccc2c(c1)CCC2. The Balaban J connectivity index is 1.87. The van der Waals surface area contributed by atoms with E-state index >= 15 is 0 Å². The monoisotopic (exact) mass is 204 g/mol. The molecule has 1 aliphatic rings. The highest BCUT2D eigenvalue weighted by Crippen LogP contribution is 2.22. The van der Waals surface area contributed by atoms with Crippen molar-refractivity contribution in [1.82, 2.24) is 5.32 Å². The molecule has 0 unspecified atom stereocenters. The second-order valence-corrected chi connectivity index (χ2v) is 4.28. The van der Waals surface area contributed by atoms with Gasteiger partial charge in [-0.1, -0.05) is 18.2 Å². The number of fused-ring (bicyclic) bond motifs is 1. The maximum atomic E-state index is 5.44. The highest BCUT2D eigenvalue weighted by atomic mass is 14.8. The minimum Gasteiger partial charge on any atom is -0.330 e. The summed E-state index contributed by atoms with van der Waals surface area (Å²) in [5.41, 5.74) is 9.97. The molecule has 2 nitrogen and oxygen atoms in total. The number of nitrogens with two attached hydrogens (primary N) is 1. The van der Waals surface area contributed by atoms with Gasteiger partial charge in [-0.3, -0.25) is 0 Å². The van der Waals surface area contributed by atoms with Crippen molar-refractivity contribution in [1.29, 1.82) is 0 Å². The first kappa shape index (κ1) is 10.7. The van der Waals surface area contributed by atoms with Crippen LogP contribution in [0.25, 0.3) is 0 Å². The molecule has 0 saturated carbocycles. The van der Waals surface area contributed by atoms with E-state index < -0.39 is 0 Å². The Morgan fingerprint density at radius 2 is 2.07 bits per heavy atom. The van der Waals surface area contributed by atoms with Crippen molar-refractivity contribution in [2.75, 3.05) is 13.1 Å². The second-order valence-electron chi connectivity index (χ2n) is 4.28. The molecule has 0 fully saturated rings. The zero-order chi connectivity index (χ0) is 10.5. The number of nitrogens with one attached hydrogen (secondary N) is 1. The molecule has 1 aliphatic carbocycles. The molecular formula is C13H20N2. The molecule has 2 rings (SSSR count). The average Bonchev–Trinajstić information content (AvgIpc) is 2.71. The van der Waals surface area contributed by atoms with Gasteiger partial charge in [-0.2, -0.15) is 0 Å². The van der Waals surface area contributed by atoms with E-state index in [0.29, 0.717) is 0 Å². The van der Waals surface area contributed by atoms with E-state index in [1.165, 1.54) is 24.8 Å². The molecule has 2 heteroatoms. The molecule has 0 atom stereocenters. The van der Waals surface area contributed by atoms with Crippen molar-refractivity contribution in [3.63, 3.8) is 0 Å². The van der Waals surface area contributed by atoms with E-state index in [9.17, 15) is 0 Å². The quantitative estimate of drug-likeness (QED) is 0.715. The van der Waals surface area contributed by atoms with Crippen LogP contribution in [0, 0.1) is 0 Å². The molecule has 0 bridgehead atoms. The summed E-state index contributed by atoms with van der Waals surface area (Å²) in [6.45, 7) is 2.78. The molecular weight excluding hydrogens is 184 g/mol. The third-order valence-electron chi connectivity index (χ3n) is 3.05. The van der Waals surface area contributed by atoms with E-state index in [1.54, 1.807) is 11.1 Å². The summed E-state index contributed by atoms with van der Waals surface area (Å²) in [6.07, 6.45) is 4.94. The Bertz CT molecular complexity index is 320. The minimum atomic E-state index is 0.775. The smallest absolute Gasteiger partial charge is 0.0205 e. The van der Waals surface area contributed by atoms with Crippen molar-refractivity contribution >= 4 is 0 Å². The fourth-order valence-corrected chi connectivity index (χ4v) is 2.19. The first-order chi connectivity index (χ1) is 7.40. The van der Waals surface area contributed by atoms with Gasteiger partial charge in [0.1, 0.15) is 0 Å². The second kappa shape index (κ2) is 5.29. The molecule has 0 radical (unpaired) electrons. The Morgan fingerprint density at radius 1 is 1.20 bits per heavy atom. The minimum absolute atomic E-state index is 0.775. The molecule has 1 aromatic rings. The van der Waals surface area contributed by atoms with E-state index in [1.807, 2.05) is 0 Å². The summed E-state index contributed by atoms with van der Waals surface area (Å²) in [6, 6.07) is 6.90. The molecule has 15 heavy (non-hydrogen) atoms. The van der Waals surface area contributed by atoms with Gasteiger partial charge in [0.25, 0.3) is 0 Å². The first-order valence-corrected chi connectivity index (χ1v) is 5.91. The van der Waals surface area contributed by atoms with Crippen LogP contribution in [0.3, 0.4) is 0 Å². The Kier molecular flexibility index (Phi) is 3.75. The van der Waals surface area contributed by atoms with E-state index in [0.717, 1.165) is 26.1 Å². The van der Waals surface area contributed by atoms with Crippen LogP contribution < -0.4 is 11.1 Å². The van der Waals surface area contributed by atoms with Crippen LogP contribution >= 0.6 is 0 Å². The standard InChI is InChI=1S/C13H20N2/c14-7-2-8-15-10-11-5-6-12-3-1-4-13(12)9-11/h5-6,9,15H,1-4,7-8,10,14H2. The topological polar surface area (TPSA) is 38.0 Å². The van der Waals surface area contributed by atoms with Crippen LogP contribution in [0.1, 0.15) is 29.5 Å². The van der Waals surface area contributed by atoms with Crippen LogP contribution in [0.15, 0.2) is 18.2 Å². The highest BCUT2D eigenvalue weighted by Gasteiger charge is 2.10. The third kappa shape index (κ3) is 2.80. The largest absolute Gasteiger partial charge is 0.330 e. The summed E-state index contributed by atoms with van der Waals surface area (Å²) in [7, 11) is 0. The number of aryl methyl sites for hydroxylation is 2. The summed E-state index contributed by atoms with van der Waals surface area (Å²) < 4.78 is 0. The summed E-state index contributed by atoms with van der Waals surface area (Å²) in [5, 5.41) is 3.41. The lowest BCUT2D eigenvalue weighted by Gasteiger charge is -2.06. The molecule has 0 aromatic heterocycles. The molecule has 0 aliphatic heterocycles. The normalized spacial score (nSPS) is 14.2. The van der Waals surface area contributed by atoms with Crippen molar-refractivity contribution in [2.45, 2.75) is 32.2 Å². The predicted octanol–water partition coefficient (Wildman–Crippen LogP) is 1.61. The van der Waals surface area contributed by atoms with Crippen LogP contribution in [0.5, 0.6) is 0 Å². The Hall–Kier alpha value is -0.860. The van der Waals surface area contributed by atoms with Gasteiger partial charge in [0.05, 0.1) is 0 Å². The van der Waals surface area contributed by atoms with E-state index in [2.05, 4.69) is 23.5 Å². The predicted molar refractivity (Wildman–Crippen MR) is 63.8 cm³/mol. The van der Waals surface area contributed by atoms with Crippen molar-refractivity contribution in [2.24, 2.45) is 5.73 Å². The van der Waals surface area contributed by atoms with Gasteiger partial charge >= 0.3 is 0 Å². The van der Waals surface area contributed by atoms with Crippen molar-refractivity contribution < 1.29 is 0 Å². The lowest BCUT2D eigenvalue weighted by Crippen LogP contribution is -2.17. The van der Waals surface area contributed by atoms with Gasteiger partial charge in [-0.05, 0) is 55.5 Å². The summed E-state index contributed by atoms with van der Waals surface area (Å²) >= 11 is 0. The number of hydrogen-bond acceptors (Lipinski definition) is 2. The van der Waals surface area contributed by atoms with E-state index in [-0.39, 0.29) is 0 Å². The molecule has 1 aromatic carbocycles. The van der Waals surface area contributed by atoms with Crippen LogP contribution in [0.2, 0.25) is 0 Å². The molecule has 82 valence electrons. The molecule has 3 N–H and O–H groups in total. The van der Waals surface area contributed by atoms with E-state index in [4.69, 9.17) is 5.73 Å². The Labute approximate surface area is 91.9 Å². The maximum Gasteiger partial charge on any atom is 0.0205 e.